The van der Waals surface area contributed by atoms with Gasteiger partial charge in [0.2, 0.25) is 5.91 Å². The number of pyridine rings is 1. The third-order valence-electron chi connectivity index (χ3n) is 4.99. The summed E-state index contributed by atoms with van der Waals surface area (Å²) in [5.74, 6) is 0.159. The minimum atomic E-state index is -0.505. The molecule has 2 fully saturated rings. The average Bonchev–Trinajstić information content (AvgIpc) is 2.90. The van der Waals surface area contributed by atoms with E-state index in [-0.39, 0.29) is 11.9 Å². The van der Waals surface area contributed by atoms with E-state index in [1.54, 1.807) is 12.4 Å². The first kappa shape index (κ1) is 12.4. The number of H-pyrrole nitrogens is 1. The van der Waals surface area contributed by atoms with E-state index in [4.69, 9.17) is 0 Å². The van der Waals surface area contributed by atoms with E-state index in [1.165, 1.54) is 19.3 Å². The second-order valence-corrected chi connectivity index (χ2v) is 6.22. The quantitative estimate of drug-likeness (QED) is 0.889. The van der Waals surface area contributed by atoms with Gasteiger partial charge in [-0.25, -0.2) is 0 Å². The summed E-state index contributed by atoms with van der Waals surface area (Å²) in [7, 11) is 0. The van der Waals surface area contributed by atoms with E-state index < -0.39 is 5.41 Å². The summed E-state index contributed by atoms with van der Waals surface area (Å²) >= 11 is 0. The molecule has 21 heavy (non-hydrogen) atoms. The molecule has 0 bridgehead atoms. The van der Waals surface area contributed by atoms with Crippen LogP contribution in [0.2, 0.25) is 0 Å². The van der Waals surface area contributed by atoms with Gasteiger partial charge in [0.25, 0.3) is 5.95 Å². The van der Waals surface area contributed by atoms with Crippen LogP contribution in [0.1, 0.15) is 37.7 Å². The Balaban J connectivity index is 1.63. The second-order valence-electron chi connectivity index (χ2n) is 6.22. The Morgan fingerprint density at radius 1 is 1.33 bits per heavy atom. The van der Waals surface area contributed by atoms with E-state index in [1.807, 2.05) is 12.1 Å². The molecule has 0 aliphatic heterocycles. The first-order valence-electron chi connectivity index (χ1n) is 7.18. The summed E-state index contributed by atoms with van der Waals surface area (Å²) in [6, 6.07) is 3.86. The lowest BCUT2D eigenvalue weighted by molar-refractivity contribution is -0.136. The topological polar surface area (TPSA) is 96.5 Å². The SMILES string of the molecule is O=C(Nc1nn[nH]n1)C1(c2cccnc2)CC2(CCC2)C1. The molecule has 1 amide bonds. The van der Waals surface area contributed by atoms with Gasteiger partial charge in [-0.05, 0) is 47.9 Å². The zero-order valence-corrected chi connectivity index (χ0v) is 11.5. The van der Waals surface area contributed by atoms with Crippen LogP contribution < -0.4 is 5.32 Å². The Morgan fingerprint density at radius 2 is 2.19 bits per heavy atom. The molecule has 0 aromatic carbocycles. The summed E-state index contributed by atoms with van der Waals surface area (Å²) < 4.78 is 0. The number of carbonyl (C=O) groups is 1. The molecule has 2 aromatic rings. The Bertz CT molecular complexity index is 641. The van der Waals surface area contributed by atoms with E-state index in [0.29, 0.717) is 5.41 Å². The number of aromatic nitrogens is 5. The molecule has 108 valence electrons. The minimum Gasteiger partial charge on any atom is -0.291 e. The van der Waals surface area contributed by atoms with Crippen LogP contribution in [0.3, 0.4) is 0 Å². The smallest absolute Gasteiger partial charge is 0.269 e. The van der Waals surface area contributed by atoms with Gasteiger partial charge in [0, 0.05) is 12.4 Å². The molecule has 4 rings (SSSR count). The first-order valence-corrected chi connectivity index (χ1v) is 7.18. The number of amides is 1. The van der Waals surface area contributed by atoms with Gasteiger partial charge in [0.1, 0.15) is 0 Å². The maximum Gasteiger partial charge on any atom is 0.269 e. The third kappa shape index (κ3) is 1.84. The molecule has 2 aliphatic carbocycles. The largest absolute Gasteiger partial charge is 0.291 e. The van der Waals surface area contributed by atoms with Crippen molar-refractivity contribution in [1.29, 1.82) is 0 Å². The van der Waals surface area contributed by atoms with E-state index in [0.717, 1.165) is 18.4 Å². The second kappa shape index (κ2) is 4.34. The van der Waals surface area contributed by atoms with E-state index >= 15 is 0 Å². The van der Waals surface area contributed by atoms with Crippen LogP contribution >= 0.6 is 0 Å². The van der Waals surface area contributed by atoms with Gasteiger partial charge in [-0.15, -0.1) is 5.10 Å². The molecule has 0 atom stereocenters. The number of nitrogens with one attached hydrogen (secondary N) is 2. The predicted octanol–water partition coefficient (Wildman–Crippen LogP) is 1.44. The van der Waals surface area contributed by atoms with Gasteiger partial charge in [0.05, 0.1) is 5.41 Å². The summed E-state index contributed by atoms with van der Waals surface area (Å²) in [6.45, 7) is 0. The van der Waals surface area contributed by atoms with Crippen molar-refractivity contribution in [3.05, 3.63) is 30.1 Å². The van der Waals surface area contributed by atoms with Crippen molar-refractivity contribution in [2.75, 3.05) is 5.32 Å². The van der Waals surface area contributed by atoms with Crippen LogP contribution in [0, 0.1) is 5.41 Å². The zero-order chi connectivity index (χ0) is 14.3. The maximum absolute atomic E-state index is 12.8. The molecule has 2 heterocycles. The molecule has 2 saturated carbocycles. The van der Waals surface area contributed by atoms with Crippen molar-refractivity contribution in [1.82, 2.24) is 25.6 Å². The lowest BCUT2D eigenvalue weighted by atomic mass is 9.43. The van der Waals surface area contributed by atoms with Gasteiger partial charge in [-0.2, -0.15) is 5.21 Å². The predicted molar refractivity (Wildman–Crippen MR) is 74.2 cm³/mol. The maximum atomic E-state index is 12.8. The number of carbonyl (C=O) groups excluding carboxylic acids is 1. The molecule has 7 heteroatoms. The molecular weight excluding hydrogens is 268 g/mol. The van der Waals surface area contributed by atoms with Gasteiger partial charge in [-0.3, -0.25) is 15.1 Å². The van der Waals surface area contributed by atoms with Crippen molar-refractivity contribution in [3.63, 3.8) is 0 Å². The fourth-order valence-electron chi connectivity index (χ4n) is 3.84. The van der Waals surface area contributed by atoms with Crippen LogP contribution in [-0.4, -0.2) is 31.5 Å². The normalized spacial score (nSPS) is 21.3. The number of nitrogens with zero attached hydrogens (tertiary/aromatic N) is 4. The minimum absolute atomic E-state index is 0.0607. The van der Waals surface area contributed by atoms with Gasteiger partial charge >= 0.3 is 0 Å². The highest BCUT2D eigenvalue weighted by atomic mass is 16.2. The van der Waals surface area contributed by atoms with Crippen molar-refractivity contribution >= 4 is 11.9 Å². The fraction of sp³-hybridized carbons (Fsp3) is 0.500. The molecule has 2 aromatic heterocycles. The lowest BCUT2D eigenvalue weighted by Crippen LogP contribution is -2.58. The molecule has 0 saturated heterocycles. The zero-order valence-electron chi connectivity index (χ0n) is 11.5. The molecule has 0 unspecified atom stereocenters. The highest BCUT2D eigenvalue weighted by Gasteiger charge is 2.61. The molecule has 2 N–H and O–H groups in total. The average molecular weight is 284 g/mol. The number of rotatable bonds is 3. The van der Waals surface area contributed by atoms with Crippen molar-refractivity contribution in [2.24, 2.45) is 5.41 Å². The number of aromatic amines is 1. The monoisotopic (exact) mass is 284 g/mol. The van der Waals surface area contributed by atoms with Crippen molar-refractivity contribution in [3.8, 4) is 0 Å². The molecule has 7 nitrogen and oxygen atoms in total. The highest BCUT2D eigenvalue weighted by molar-refractivity contribution is 5.99. The first-order chi connectivity index (χ1) is 10.2. The lowest BCUT2D eigenvalue weighted by Gasteiger charge is -2.60. The number of hydrogen-bond acceptors (Lipinski definition) is 5. The van der Waals surface area contributed by atoms with Gasteiger partial charge in [-0.1, -0.05) is 17.6 Å². The van der Waals surface area contributed by atoms with Crippen LogP contribution in [-0.2, 0) is 10.2 Å². The van der Waals surface area contributed by atoms with Gasteiger partial charge in [0.15, 0.2) is 0 Å². The summed E-state index contributed by atoms with van der Waals surface area (Å²) in [4.78, 5) is 17.0. The summed E-state index contributed by atoms with van der Waals surface area (Å²) in [5, 5.41) is 16.2. The van der Waals surface area contributed by atoms with Crippen molar-refractivity contribution < 1.29 is 4.79 Å². The number of tetrazole rings is 1. The van der Waals surface area contributed by atoms with Crippen LogP contribution in [0.15, 0.2) is 24.5 Å². The Morgan fingerprint density at radius 3 is 2.76 bits per heavy atom. The Hall–Kier alpha value is -2.31. The molecule has 0 radical (unpaired) electrons. The molecule has 2 aliphatic rings. The number of anilines is 1. The van der Waals surface area contributed by atoms with E-state index in [2.05, 4.69) is 30.9 Å². The molecular formula is C14H16N6O. The number of hydrogen-bond donors (Lipinski definition) is 2. The molecule has 1 spiro atoms. The Kier molecular flexibility index (Phi) is 2.57. The summed E-state index contributed by atoms with van der Waals surface area (Å²) in [5.41, 5.74) is 0.836. The van der Waals surface area contributed by atoms with Crippen molar-refractivity contribution in [2.45, 2.75) is 37.5 Å². The van der Waals surface area contributed by atoms with Crippen LogP contribution in [0.5, 0.6) is 0 Å². The van der Waals surface area contributed by atoms with Crippen LogP contribution in [0.25, 0.3) is 0 Å². The highest BCUT2D eigenvalue weighted by Crippen LogP contribution is 2.65. The van der Waals surface area contributed by atoms with Gasteiger partial charge < -0.3 is 0 Å². The Labute approximate surface area is 121 Å². The van der Waals surface area contributed by atoms with Crippen LogP contribution in [0.4, 0.5) is 5.95 Å². The van der Waals surface area contributed by atoms with E-state index in [9.17, 15) is 4.79 Å². The fourth-order valence-corrected chi connectivity index (χ4v) is 3.84. The standard InChI is InChI=1S/C14H16N6O/c21-11(16-12-17-19-20-18-12)14(10-3-1-6-15-7-10)8-13(9-14)4-2-5-13/h1,3,6-7H,2,4-5,8-9H2,(H2,16,17,18,19,20,21). The summed E-state index contributed by atoms with van der Waals surface area (Å²) in [6.07, 6.45) is 9.02. The third-order valence-corrected chi connectivity index (χ3v) is 4.99.